The van der Waals surface area contributed by atoms with Gasteiger partial charge < -0.3 is 10.1 Å². The number of amides is 2. The van der Waals surface area contributed by atoms with E-state index in [1.807, 2.05) is 19.1 Å². The summed E-state index contributed by atoms with van der Waals surface area (Å²) in [6.07, 6.45) is 0.589. The van der Waals surface area contributed by atoms with Crippen LogP contribution in [0.3, 0.4) is 0 Å². The summed E-state index contributed by atoms with van der Waals surface area (Å²) < 4.78 is 6.23. The fourth-order valence-corrected chi connectivity index (χ4v) is 3.67. The van der Waals surface area contributed by atoms with Crippen molar-refractivity contribution in [2.75, 3.05) is 14.2 Å². The van der Waals surface area contributed by atoms with Crippen molar-refractivity contribution in [3.8, 4) is 5.75 Å². The van der Waals surface area contributed by atoms with Crippen LogP contribution in [0.15, 0.2) is 46.0 Å². The molecule has 2 aromatic rings. The van der Waals surface area contributed by atoms with Gasteiger partial charge in [0.2, 0.25) is 0 Å². The highest BCUT2D eigenvalue weighted by Crippen LogP contribution is 2.33. The summed E-state index contributed by atoms with van der Waals surface area (Å²) in [4.78, 5) is 22.9. The molecular formula is C19H19BrN4O4. The van der Waals surface area contributed by atoms with Crippen LogP contribution in [0.4, 0.5) is 10.5 Å². The van der Waals surface area contributed by atoms with Crippen LogP contribution in [0.2, 0.25) is 0 Å². The van der Waals surface area contributed by atoms with Crippen LogP contribution < -0.4 is 10.1 Å². The molecule has 0 spiro atoms. The zero-order valence-corrected chi connectivity index (χ0v) is 17.2. The number of halogens is 1. The molecule has 8 nitrogen and oxygen atoms in total. The van der Waals surface area contributed by atoms with E-state index in [1.165, 1.54) is 17.1 Å². The van der Waals surface area contributed by atoms with Gasteiger partial charge in [-0.25, -0.2) is 9.80 Å². The predicted molar refractivity (Wildman–Crippen MR) is 109 cm³/mol. The number of methoxy groups -OCH3 is 1. The molecule has 1 aliphatic heterocycles. The first kappa shape index (κ1) is 19.8. The molecule has 1 aliphatic rings. The van der Waals surface area contributed by atoms with E-state index in [4.69, 9.17) is 4.74 Å². The smallest absolute Gasteiger partial charge is 0.337 e. The third-order valence-electron chi connectivity index (χ3n) is 4.55. The second-order valence-electron chi connectivity index (χ2n) is 6.35. The summed E-state index contributed by atoms with van der Waals surface area (Å²) >= 11 is 3.51. The van der Waals surface area contributed by atoms with Gasteiger partial charge in [-0.2, -0.15) is 5.10 Å². The van der Waals surface area contributed by atoms with Gasteiger partial charge in [-0.05, 0) is 59.1 Å². The minimum Gasteiger partial charge on any atom is -0.496 e. The lowest BCUT2D eigenvalue weighted by Gasteiger charge is -2.22. The fraction of sp³-hybridized carbons (Fsp3) is 0.263. The van der Waals surface area contributed by atoms with Crippen LogP contribution in [-0.2, 0) is 6.42 Å². The monoisotopic (exact) mass is 446 g/mol. The number of hydrazone groups is 1. The van der Waals surface area contributed by atoms with Gasteiger partial charge in [0, 0.05) is 30.3 Å². The van der Waals surface area contributed by atoms with Crippen LogP contribution in [-0.4, -0.2) is 41.9 Å². The maximum absolute atomic E-state index is 12.4. The van der Waals surface area contributed by atoms with Crippen molar-refractivity contribution in [2.45, 2.75) is 19.4 Å². The van der Waals surface area contributed by atoms with Crippen molar-refractivity contribution in [2.24, 2.45) is 5.10 Å². The molecule has 146 valence electrons. The van der Waals surface area contributed by atoms with Crippen molar-refractivity contribution in [3.63, 3.8) is 0 Å². The number of hydrogen-bond acceptors (Lipinski definition) is 5. The first-order valence-electron chi connectivity index (χ1n) is 8.56. The Hall–Kier alpha value is -2.94. The molecular weight excluding hydrogens is 428 g/mol. The van der Waals surface area contributed by atoms with Crippen LogP contribution in [0.5, 0.6) is 5.75 Å². The molecule has 9 heteroatoms. The van der Waals surface area contributed by atoms with Crippen molar-refractivity contribution in [1.82, 2.24) is 10.3 Å². The van der Waals surface area contributed by atoms with Crippen molar-refractivity contribution in [3.05, 3.63) is 67.7 Å². The van der Waals surface area contributed by atoms with Gasteiger partial charge in [0.05, 0.1) is 28.3 Å². The van der Waals surface area contributed by atoms with Gasteiger partial charge in [0.1, 0.15) is 5.75 Å². The molecule has 0 radical (unpaired) electrons. The van der Waals surface area contributed by atoms with E-state index >= 15 is 0 Å². The first-order chi connectivity index (χ1) is 13.3. The molecule has 28 heavy (non-hydrogen) atoms. The van der Waals surface area contributed by atoms with Crippen LogP contribution in [0, 0.1) is 10.1 Å². The standard InChI is InChI=1S/C19H19BrN4O4/c1-11-8-13-9-16(20)17(28-3)10-15(13)18(22-23(11)19(25)21-2)12-4-6-14(7-5-12)24(26)27/h4-7,9-11H,8H2,1-3H3,(H,21,25). The first-order valence-corrected chi connectivity index (χ1v) is 9.36. The highest BCUT2D eigenvalue weighted by molar-refractivity contribution is 9.10. The highest BCUT2D eigenvalue weighted by Gasteiger charge is 2.28. The molecule has 2 amide bonds. The number of carbonyl (C=O) groups excluding carboxylic acids is 1. The Morgan fingerprint density at radius 3 is 2.61 bits per heavy atom. The Labute approximate surface area is 170 Å². The molecule has 0 saturated carbocycles. The second-order valence-corrected chi connectivity index (χ2v) is 7.20. The van der Waals surface area contributed by atoms with E-state index in [0.29, 0.717) is 23.4 Å². The van der Waals surface area contributed by atoms with Gasteiger partial charge in [0.15, 0.2) is 0 Å². The van der Waals surface area contributed by atoms with Crippen LogP contribution >= 0.6 is 15.9 Å². The SMILES string of the molecule is CNC(=O)N1N=C(c2ccc([N+](=O)[O-])cc2)c2cc(OC)c(Br)cc2CC1C. The molecule has 3 rings (SSSR count). The number of nitrogens with one attached hydrogen (secondary N) is 1. The van der Waals surface area contributed by atoms with Crippen molar-refractivity contribution < 1.29 is 14.5 Å². The van der Waals surface area contributed by atoms with E-state index in [-0.39, 0.29) is 17.8 Å². The molecule has 0 bridgehead atoms. The summed E-state index contributed by atoms with van der Waals surface area (Å²) in [6, 6.07) is 9.41. The zero-order chi connectivity index (χ0) is 20.4. The Morgan fingerprint density at radius 1 is 1.36 bits per heavy atom. The summed E-state index contributed by atoms with van der Waals surface area (Å²) in [7, 11) is 3.12. The number of benzene rings is 2. The average Bonchev–Trinajstić information content (AvgIpc) is 2.82. The number of nitrogens with zero attached hydrogens (tertiary/aromatic N) is 3. The number of rotatable bonds is 3. The quantitative estimate of drug-likeness (QED) is 0.573. The van der Waals surface area contributed by atoms with Gasteiger partial charge in [-0.1, -0.05) is 0 Å². The number of ether oxygens (including phenoxy) is 1. The van der Waals surface area contributed by atoms with E-state index in [2.05, 4.69) is 26.3 Å². The Morgan fingerprint density at radius 2 is 2.04 bits per heavy atom. The van der Waals surface area contributed by atoms with E-state index in [9.17, 15) is 14.9 Å². The molecule has 0 aliphatic carbocycles. The molecule has 1 N–H and O–H groups in total. The summed E-state index contributed by atoms with van der Waals surface area (Å²) in [5, 5.41) is 19.6. The molecule has 1 unspecified atom stereocenters. The Bertz CT molecular complexity index is 959. The minimum absolute atomic E-state index is 0.0110. The molecule has 1 atom stereocenters. The van der Waals surface area contributed by atoms with Crippen LogP contribution in [0.1, 0.15) is 23.6 Å². The molecule has 0 saturated heterocycles. The average molecular weight is 447 g/mol. The molecule has 0 fully saturated rings. The fourth-order valence-electron chi connectivity index (χ4n) is 3.12. The third kappa shape index (κ3) is 3.70. The van der Waals surface area contributed by atoms with Gasteiger partial charge in [0.25, 0.3) is 5.69 Å². The molecule has 0 aromatic heterocycles. The number of hydrogen-bond donors (Lipinski definition) is 1. The van der Waals surface area contributed by atoms with E-state index in [1.54, 1.807) is 26.3 Å². The van der Waals surface area contributed by atoms with Crippen molar-refractivity contribution >= 4 is 33.4 Å². The number of carbonyl (C=O) groups is 1. The topological polar surface area (TPSA) is 97.1 Å². The lowest BCUT2D eigenvalue weighted by atomic mass is 9.94. The zero-order valence-electron chi connectivity index (χ0n) is 15.6. The second kappa shape index (κ2) is 7.97. The molecule has 2 aromatic carbocycles. The molecule has 1 heterocycles. The Kier molecular flexibility index (Phi) is 5.64. The van der Waals surface area contributed by atoms with E-state index in [0.717, 1.165) is 15.6 Å². The highest BCUT2D eigenvalue weighted by atomic mass is 79.9. The predicted octanol–water partition coefficient (Wildman–Crippen LogP) is 3.70. The number of non-ortho nitro benzene ring substituents is 1. The minimum atomic E-state index is -0.453. The van der Waals surface area contributed by atoms with Gasteiger partial charge in [-0.15, -0.1) is 0 Å². The number of fused-ring (bicyclic) bond motifs is 1. The summed E-state index contributed by atoms with van der Waals surface area (Å²) in [5.41, 5.74) is 3.00. The Balaban J connectivity index is 2.22. The van der Waals surface area contributed by atoms with Crippen molar-refractivity contribution in [1.29, 1.82) is 0 Å². The van der Waals surface area contributed by atoms with Gasteiger partial charge in [-0.3, -0.25) is 10.1 Å². The summed E-state index contributed by atoms with van der Waals surface area (Å²) in [6.45, 7) is 1.92. The third-order valence-corrected chi connectivity index (χ3v) is 5.17. The maximum Gasteiger partial charge on any atom is 0.337 e. The number of nitro benzene ring substituents is 1. The van der Waals surface area contributed by atoms with Crippen LogP contribution in [0.25, 0.3) is 0 Å². The number of urea groups is 1. The lowest BCUT2D eigenvalue weighted by molar-refractivity contribution is -0.384. The lowest BCUT2D eigenvalue weighted by Crippen LogP contribution is -2.41. The number of nitro groups is 1. The summed E-state index contributed by atoms with van der Waals surface area (Å²) in [5.74, 6) is 0.634. The van der Waals surface area contributed by atoms with Gasteiger partial charge >= 0.3 is 6.03 Å². The normalized spacial score (nSPS) is 15.9. The van der Waals surface area contributed by atoms with E-state index < -0.39 is 4.92 Å². The largest absolute Gasteiger partial charge is 0.496 e. The maximum atomic E-state index is 12.4.